The topological polar surface area (TPSA) is 79.4 Å². The molecular formula is C18H19N3O3S2. The van der Waals surface area contributed by atoms with Gasteiger partial charge in [0.15, 0.2) is 5.13 Å². The predicted molar refractivity (Wildman–Crippen MR) is 104 cm³/mol. The quantitative estimate of drug-likeness (QED) is 0.723. The van der Waals surface area contributed by atoms with Gasteiger partial charge in [-0.05, 0) is 50.2 Å². The fourth-order valence-corrected chi connectivity index (χ4v) is 4.55. The summed E-state index contributed by atoms with van der Waals surface area (Å²) in [5.41, 5.74) is 1.20. The van der Waals surface area contributed by atoms with Crippen LogP contribution in [0.1, 0.15) is 24.2 Å². The minimum absolute atomic E-state index is 0.151. The van der Waals surface area contributed by atoms with Crippen molar-refractivity contribution in [2.45, 2.75) is 24.8 Å². The number of rotatable bonds is 5. The molecule has 0 fully saturated rings. The number of sulfonamides is 1. The second kappa shape index (κ2) is 7.14. The zero-order chi connectivity index (χ0) is 18.9. The Labute approximate surface area is 156 Å². The van der Waals surface area contributed by atoms with Crippen LogP contribution in [0.4, 0.5) is 5.13 Å². The molecule has 0 saturated heterocycles. The monoisotopic (exact) mass is 389 g/mol. The number of fused-ring (bicyclic) bond motifs is 1. The molecule has 8 heteroatoms. The molecule has 0 aliphatic heterocycles. The molecule has 3 aromatic rings. The molecule has 6 nitrogen and oxygen atoms in total. The normalized spacial score (nSPS) is 12.0. The van der Waals surface area contributed by atoms with Crippen LogP contribution in [0.5, 0.6) is 0 Å². The van der Waals surface area contributed by atoms with E-state index >= 15 is 0 Å². The summed E-state index contributed by atoms with van der Waals surface area (Å²) in [5, 5.41) is 3.26. The molecule has 0 spiro atoms. The van der Waals surface area contributed by atoms with Gasteiger partial charge in [0, 0.05) is 18.7 Å². The smallest absolute Gasteiger partial charge is 0.257 e. The first kappa shape index (κ1) is 18.5. The molecule has 2 aromatic carbocycles. The number of benzene rings is 2. The first-order valence-electron chi connectivity index (χ1n) is 8.04. The van der Waals surface area contributed by atoms with E-state index in [1.54, 1.807) is 13.8 Å². The van der Waals surface area contributed by atoms with E-state index in [2.05, 4.69) is 10.3 Å². The van der Waals surface area contributed by atoms with Crippen LogP contribution in [-0.2, 0) is 10.0 Å². The third-order valence-electron chi connectivity index (χ3n) is 4.04. The molecule has 0 saturated carbocycles. The Morgan fingerprint density at radius 3 is 2.38 bits per heavy atom. The Morgan fingerprint density at radius 2 is 1.77 bits per heavy atom. The Hall–Kier alpha value is -2.29. The highest BCUT2D eigenvalue weighted by Crippen LogP contribution is 2.26. The summed E-state index contributed by atoms with van der Waals surface area (Å²) in [7, 11) is -2.03. The zero-order valence-corrected chi connectivity index (χ0v) is 16.3. The number of amides is 1. The van der Waals surface area contributed by atoms with Gasteiger partial charge in [-0.15, -0.1) is 0 Å². The van der Waals surface area contributed by atoms with Crippen molar-refractivity contribution in [1.29, 1.82) is 0 Å². The molecule has 3 rings (SSSR count). The predicted octanol–water partition coefficient (Wildman–Crippen LogP) is 3.58. The number of para-hydroxylation sites is 1. The van der Waals surface area contributed by atoms with Crippen LogP contribution >= 0.6 is 11.3 Å². The van der Waals surface area contributed by atoms with Crippen LogP contribution in [0.2, 0.25) is 0 Å². The summed E-state index contributed by atoms with van der Waals surface area (Å²) in [6.07, 6.45) is 0. The first-order chi connectivity index (χ1) is 12.3. The lowest BCUT2D eigenvalue weighted by Gasteiger charge is -2.20. The van der Waals surface area contributed by atoms with Crippen molar-refractivity contribution in [3.8, 4) is 0 Å². The number of hydrogen-bond acceptors (Lipinski definition) is 5. The molecule has 0 aliphatic carbocycles. The molecule has 0 radical (unpaired) electrons. The average molecular weight is 390 g/mol. The summed E-state index contributed by atoms with van der Waals surface area (Å²) in [4.78, 5) is 16.9. The van der Waals surface area contributed by atoms with Gasteiger partial charge in [-0.1, -0.05) is 23.5 Å². The summed E-state index contributed by atoms with van der Waals surface area (Å²) < 4.78 is 27.2. The largest absolute Gasteiger partial charge is 0.298 e. The van der Waals surface area contributed by atoms with E-state index in [4.69, 9.17) is 0 Å². The maximum absolute atomic E-state index is 12.5. The van der Waals surface area contributed by atoms with E-state index < -0.39 is 10.0 Å². The Kier molecular flexibility index (Phi) is 5.08. The Balaban J connectivity index is 1.78. The van der Waals surface area contributed by atoms with Gasteiger partial charge < -0.3 is 0 Å². The maximum Gasteiger partial charge on any atom is 0.257 e. The van der Waals surface area contributed by atoms with Crippen LogP contribution in [0.3, 0.4) is 0 Å². The minimum atomic E-state index is -3.57. The summed E-state index contributed by atoms with van der Waals surface area (Å²) >= 11 is 1.39. The van der Waals surface area contributed by atoms with Gasteiger partial charge >= 0.3 is 0 Å². The minimum Gasteiger partial charge on any atom is -0.298 e. The van der Waals surface area contributed by atoms with Crippen molar-refractivity contribution in [2.24, 2.45) is 0 Å². The van der Waals surface area contributed by atoms with Crippen molar-refractivity contribution >= 4 is 42.6 Å². The van der Waals surface area contributed by atoms with Crippen LogP contribution < -0.4 is 5.32 Å². The lowest BCUT2D eigenvalue weighted by molar-refractivity contribution is 0.102. The van der Waals surface area contributed by atoms with Gasteiger partial charge in [0.25, 0.3) is 5.91 Å². The average Bonchev–Trinajstić information content (AvgIpc) is 3.03. The van der Waals surface area contributed by atoms with E-state index in [1.807, 2.05) is 24.3 Å². The van der Waals surface area contributed by atoms with Crippen molar-refractivity contribution in [2.75, 3.05) is 12.4 Å². The van der Waals surface area contributed by atoms with Crippen molar-refractivity contribution < 1.29 is 13.2 Å². The second-order valence-electron chi connectivity index (χ2n) is 6.08. The molecule has 26 heavy (non-hydrogen) atoms. The number of hydrogen-bond donors (Lipinski definition) is 1. The first-order valence-corrected chi connectivity index (χ1v) is 10.3. The molecule has 0 bridgehead atoms. The van der Waals surface area contributed by atoms with Gasteiger partial charge in [-0.2, -0.15) is 4.31 Å². The standard InChI is InChI=1S/C18H19N3O3S2/c1-12(2)21(3)26(23,24)14-10-8-13(9-11-14)17(22)20-18-19-15-6-4-5-7-16(15)25-18/h4-12H,1-3H3,(H,19,20,22). The van der Waals surface area contributed by atoms with Crippen LogP contribution in [0.15, 0.2) is 53.4 Å². The third-order valence-corrected chi connectivity index (χ3v) is 7.03. The van der Waals surface area contributed by atoms with E-state index in [-0.39, 0.29) is 16.8 Å². The molecule has 1 heterocycles. The van der Waals surface area contributed by atoms with Crippen molar-refractivity contribution in [1.82, 2.24) is 9.29 Å². The van der Waals surface area contributed by atoms with Crippen molar-refractivity contribution in [3.63, 3.8) is 0 Å². The fourth-order valence-electron chi connectivity index (χ4n) is 2.32. The Bertz CT molecular complexity index is 1010. The molecule has 0 atom stereocenters. The molecule has 1 N–H and O–H groups in total. The number of nitrogens with zero attached hydrogens (tertiary/aromatic N) is 2. The van der Waals surface area contributed by atoms with Gasteiger partial charge in [0.05, 0.1) is 15.1 Å². The summed E-state index contributed by atoms with van der Waals surface area (Å²) in [5.74, 6) is -0.329. The maximum atomic E-state index is 12.5. The highest BCUT2D eigenvalue weighted by atomic mass is 32.2. The molecule has 0 unspecified atom stereocenters. The third kappa shape index (κ3) is 3.62. The fraction of sp³-hybridized carbons (Fsp3) is 0.222. The number of nitrogens with one attached hydrogen (secondary N) is 1. The van der Waals surface area contributed by atoms with Gasteiger partial charge in [-0.3, -0.25) is 10.1 Å². The highest BCUT2D eigenvalue weighted by molar-refractivity contribution is 7.89. The van der Waals surface area contributed by atoms with Crippen LogP contribution in [0, 0.1) is 0 Å². The molecule has 1 aromatic heterocycles. The van der Waals surface area contributed by atoms with E-state index in [0.717, 1.165) is 10.2 Å². The molecule has 136 valence electrons. The number of aromatic nitrogens is 1. The number of thiazole rings is 1. The van der Waals surface area contributed by atoms with E-state index in [0.29, 0.717) is 10.7 Å². The second-order valence-corrected chi connectivity index (χ2v) is 9.11. The van der Waals surface area contributed by atoms with Gasteiger partial charge in [0.2, 0.25) is 10.0 Å². The Morgan fingerprint density at radius 1 is 1.12 bits per heavy atom. The van der Waals surface area contributed by atoms with E-state index in [9.17, 15) is 13.2 Å². The number of carbonyl (C=O) groups is 1. The van der Waals surface area contributed by atoms with E-state index in [1.165, 1.54) is 47.0 Å². The molecule has 0 aliphatic rings. The SMILES string of the molecule is CC(C)N(C)S(=O)(=O)c1ccc(C(=O)Nc2nc3ccccc3s2)cc1. The number of carbonyl (C=O) groups excluding carboxylic acids is 1. The zero-order valence-electron chi connectivity index (χ0n) is 14.6. The van der Waals surface area contributed by atoms with Crippen LogP contribution in [-0.4, -0.2) is 36.7 Å². The molecule has 1 amide bonds. The highest BCUT2D eigenvalue weighted by Gasteiger charge is 2.23. The molecular weight excluding hydrogens is 370 g/mol. The van der Waals surface area contributed by atoms with Crippen molar-refractivity contribution in [3.05, 3.63) is 54.1 Å². The van der Waals surface area contributed by atoms with Gasteiger partial charge in [0.1, 0.15) is 0 Å². The lowest BCUT2D eigenvalue weighted by atomic mass is 10.2. The lowest BCUT2D eigenvalue weighted by Crippen LogP contribution is -2.33. The summed E-state index contributed by atoms with van der Waals surface area (Å²) in [6.45, 7) is 3.61. The van der Waals surface area contributed by atoms with Crippen LogP contribution in [0.25, 0.3) is 10.2 Å². The van der Waals surface area contributed by atoms with Gasteiger partial charge in [-0.25, -0.2) is 13.4 Å². The summed E-state index contributed by atoms with van der Waals surface area (Å²) in [6, 6.07) is 13.4. The number of anilines is 1.